The molecule has 5 heteroatoms. The highest BCUT2D eigenvalue weighted by Crippen LogP contribution is 2.33. The Kier molecular flexibility index (Phi) is 6.31. The molecule has 1 amide bonds. The number of hydrogen-bond acceptors (Lipinski definition) is 4. The number of amides is 1. The van der Waals surface area contributed by atoms with Crippen molar-refractivity contribution >= 4 is 5.91 Å². The van der Waals surface area contributed by atoms with E-state index in [9.17, 15) is 4.79 Å². The van der Waals surface area contributed by atoms with Crippen molar-refractivity contribution in [2.24, 2.45) is 17.8 Å². The number of likely N-dealkylation sites (tertiary alicyclic amines) is 2. The number of hydrogen-bond donors (Lipinski definition) is 2. The smallest absolute Gasteiger partial charge is 0.248 e. The maximum atomic E-state index is 11.5. The Morgan fingerprint density at radius 2 is 1.48 bits per heavy atom. The summed E-state index contributed by atoms with van der Waals surface area (Å²) in [5.74, 6) is 2.45. The van der Waals surface area contributed by atoms with Crippen LogP contribution in [0.5, 0.6) is 0 Å². The summed E-state index contributed by atoms with van der Waals surface area (Å²) in [6.07, 6.45) is 7.62. The molecule has 0 aliphatic carbocycles. The summed E-state index contributed by atoms with van der Waals surface area (Å²) in [5, 5.41) is 12.4. The highest BCUT2D eigenvalue weighted by molar-refractivity contribution is 5.77. The summed E-state index contributed by atoms with van der Waals surface area (Å²) in [4.78, 5) is 16.1. The number of rotatable bonds is 4. The molecular formula is C18H33N3O2. The predicted octanol–water partition coefficient (Wildman–Crippen LogP) is 0.929. The molecule has 2 N–H and O–H groups in total. The summed E-state index contributed by atoms with van der Waals surface area (Å²) in [6, 6.07) is 0. The van der Waals surface area contributed by atoms with Crippen LogP contribution in [0.1, 0.15) is 38.5 Å². The molecular weight excluding hydrogens is 290 g/mol. The van der Waals surface area contributed by atoms with Crippen molar-refractivity contribution in [2.45, 2.75) is 38.5 Å². The average molecular weight is 323 g/mol. The fourth-order valence-electron chi connectivity index (χ4n) is 4.76. The quantitative estimate of drug-likeness (QED) is 0.808. The summed E-state index contributed by atoms with van der Waals surface area (Å²) in [6.45, 7) is 7.60. The molecule has 132 valence electrons. The molecule has 0 aromatic rings. The Labute approximate surface area is 140 Å². The van der Waals surface area contributed by atoms with Gasteiger partial charge < -0.3 is 20.2 Å². The van der Waals surface area contributed by atoms with Crippen molar-refractivity contribution in [1.82, 2.24) is 15.1 Å². The predicted molar refractivity (Wildman–Crippen MR) is 91.1 cm³/mol. The normalized spacial score (nSPS) is 26.6. The van der Waals surface area contributed by atoms with Gasteiger partial charge in [-0.3, -0.25) is 4.79 Å². The Morgan fingerprint density at radius 1 is 0.913 bits per heavy atom. The molecule has 0 unspecified atom stereocenters. The first-order chi connectivity index (χ1) is 11.3. The van der Waals surface area contributed by atoms with Crippen LogP contribution in [0.3, 0.4) is 0 Å². The van der Waals surface area contributed by atoms with Gasteiger partial charge >= 0.3 is 0 Å². The van der Waals surface area contributed by atoms with Gasteiger partial charge in [0.15, 0.2) is 0 Å². The number of aliphatic hydroxyl groups excluding tert-OH is 1. The maximum absolute atomic E-state index is 11.5. The molecule has 0 bridgehead atoms. The lowest BCUT2D eigenvalue weighted by atomic mass is 9.78. The van der Waals surface area contributed by atoms with Crippen molar-refractivity contribution in [3.05, 3.63) is 0 Å². The maximum Gasteiger partial charge on any atom is 0.248 e. The molecule has 0 saturated carbocycles. The lowest BCUT2D eigenvalue weighted by Crippen LogP contribution is -2.44. The van der Waals surface area contributed by atoms with E-state index in [2.05, 4.69) is 10.2 Å². The van der Waals surface area contributed by atoms with E-state index in [0.29, 0.717) is 0 Å². The third-order valence-electron chi connectivity index (χ3n) is 6.30. The molecule has 3 aliphatic rings. The Bertz CT molecular complexity index is 368. The molecule has 3 fully saturated rings. The van der Waals surface area contributed by atoms with Crippen LogP contribution in [0, 0.1) is 17.8 Å². The first-order valence-corrected chi connectivity index (χ1v) is 9.58. The zero-order valence-electron chi connectivity index (χ0n) is 14.4. The van der Waals surface area contributed by atoms with Gasteiger partial charge in [0.2, 0.25) is 5.91 Å². The molecule has 0 aromatic heterocycles. The second-order valence-electron chi connectivity index (χ2n) is 7.71. The first kappa shape index (κ1) is 17.2. The minimum atomic E-state index is -0.334. The molecule has 0 radical (unpaired) electrons. The lowest BCUT2D eigenvalue weighted by Gasteiger charge is -2.41. The van der Waals surface area contributed by atoms with Gasteiger partial charge in [-0.15, -0.1) is 0 Å². The van der Waals surface area contributed by atoms with Gasteiger partial charge in [0.25, 0.3) is 0 Å². The number of carbonyl (C=O) groups is 1. The van der Waals surface area contributed by atoms with E-state index in [1.54, 1.807) is 0 Å². The molecule has 0 spiro atoms. The SMILES string of the molecule is O=C(CO)N1CCC(C2CCN(CC3CCNCC3)CC2)CC1. The van der Waals surface area contributed by atoms with E-state index in [1.807, 2.05) is 4.90 Å². The van der Waals surface area contributed by atoms with Crippen LogP contribution in [0.25, 0.3) is 0 Å². The van der Waals surface area contributed by atoms with Crippen LogP contribution in [-0.4, -0.2) is 73.2 Å². The van der Waals surface area contributed by atoms with Crippen molar-refractivity contribution in [2.75, 3.05) is 52.4 Å². The van der Waals surface area contributed by atoms with Crippen LogP contribution in [-0.2, 0) is 4.79 Å². The van der Waals surface area contributed by atoms with Crippen LogP contribution in [0.2, 0.25) is 0 Å². The third kappa shape index (κ3) is 4.68. The van der Waals surface area contributed by atoms with Gasteiger partial charge in [-0.2, -0.15) is 0 Å². The molecule has 3 heterocycles. The van der Waals surface area contributed by atoms with E-state index < -0.39 is 0 Å². The van der Waals surface area contributed by atoms with E-state index in [4.69, 9.17) is 5.11 Å². The Morgan fingerprint density at radius 3 is 2.04 bits per heavy atom. The van der Waals surface area contributed by atoms with Gasteiger partial charge in [0.05, 0.1) is 0 Å². The zero-order valence-corrected chi connectivity index (χ0v) is 14.4. The van der Waals surface area contributed by atoms with Crippen molar-refractivity contribution in [3.8, 4) is 0 Å². The summed E-state index contributed by atoms with van der Waals surface area (Å²) in [7, 11) is 0. The monoisotopic (exact) mass is 323 g/mol. The fourth-order valence-corrected chi connectivity index (χ4v) is 4.76. The van der Waals surface area contributed by atoms with E-state index in [-0.39, 0.29) is 12.5 Å². The van der Waals surface area contributed by atoms with Crippen molar-refractivity contribution in [1.29, 1.82) is 0 Å². The molecule has 3 saturated heterocycles. The number of carbonyl (C=O) groups excluding carboxylic acids is 1. The molecule has 23 heavy (non-hydrogen) atoms. The van der Waals surface area contributed by atoms with Crippen LogP contribution >= 0.6 is 0 Å². The van der Waals surface area contributed by atoms with Crippen molar-refractivity contribution in [3.63, 3.8) is 0 Å². The molecule has 3 rings (SSSR count). The molecule has 0 aromatic carbocycles. The summed E-state index contributed by atoms with van der Waals surface area (Å²) in [5.41, 5.74) is 0. The summed E-state index contributed by atoms with van der Waals surface area (Å²) < 4.78 is 0. The minimum absolute atomic E-state index is 0.0970. The van der Waals surface area contributed by atoms with E-state index >= 15 is 0 Å². The molecule has 5 nitrogen and oxygen atoms in total. The second-order valence-corrected chi connectivity index (χ2v) is 7.71. The first-order valence-electron chi connectivity index (χ1n) is 9.58. The lowest BCUT2D eigenvalue weighted by molar-refractivity contribution is -0.135. The minimum Gasteiger partial charge on any atom is -0.387 e. The molecule has 0 atom stereocenters. The fraction of sp³-hybridized carbons (Fsp3) is 0.944. The van der Waals surface area contributed by atoms with E-state index in [0.717, 1.165) is 43.7 Å². The van der Waals surface area contributed by atoms with Crippen LogP contribution < -0.4 is 5.32 Å². The van der Waals surface area contributed by atoms with Gasteiger partial charge in [-0.1, -0.05) is 0 Å². The largest absolute Gasteiger partial charge is 0.387 e. The Balaban J connectivity index is 1.37. The molecule has 3 aliphatic heterocycles. The Hall–Kier alpha value is -0.650. The second kappa shape index (κ2) is 8.45. The topological polar surface area (TPSA) is 55.8 Å². The third-order valence-corrected chi connectivity index (χ3v) is 6.30. The number of nitrogens with one attached hydrogen (secondary N) is 1. The van der Waals surface area contributed by atoms with Crippen molar-refractivity contribution < 1.29 is 9.90 Å². The number of nitrogens with zero attached hydrogens (tertiary/aromatic N) is 2. The highest BCUT2D eigenvalue weighted by atomic mass is 16.3. The highest BCUT2D eigenvalue weighted by Gasteiger charge is 2.31. The standard InChI is InChI=1S/C18H33N3O2/c22-14-18(23)21-11-5-17(6-12-21)16-3-9-20(10-4-16)13-15-1-7-19-8-2-15/h15-17,19,22H,1-14H2. The summed E-state index contributed by atoms with van der Waals surface area (Å²) >= 11 is 0. The van der Waals surface area contributed by atoms with Gasteiger partial charge in [-0.05, 0) is 82.5 Å². The van der Waals surface area contributed by atoms with Gasteiger partial charge in [0.1, 0.15) is 6.61 Å². The number of piperidine rings is 3. The number of aliphatic hydroxyl groups is 1. The van der Waals surface area contributed by atoms with Crippen LogP contribution in [0.4, 0.5) is 0 Å². The average Bonchev–Trinajstić information content (AvgIpc) is 2.63. The van der Waals surface area contributed by atoms with E-state index in [1.165, 1.54) is 58.4 Å². The zero-order chi connectivity index (χ0) is 16.1. The van der Waals surface area contributed by atoms with Crippen LogP contribution in [0.15, 0.2) is 0 Å². The van der Waals surface area contributed by atoms with Gasteiger partial charge in [-0.25, -0.2) is 0 Å². The van der Waals surface area contributed by atoms with Gasteiger partial charge in [0, 0.05) is 19.6 Å².